The van der Waals surface area contributed by atoms with E-state index in [0.717, 1.165) is 55.5 Å². The SMILES string of the molecule is COc1ccc(Br)c(CC2CCN(CC[C@H]3CC[C@H](NC(=O)C(F)(F)F)CC3)CC2)c1. The normalized spacial score (nSPS) is 23.5. The highest BCUT2D eigenvalue weighted by Crippen LogP contribution is 2.31. The minimum absolute atomic E-state index is 0.336. The molecule has 0 spiro atoms. The first kappa shape index (κ1) is 24.4. The van der Waals surface area contributed by atoms with E-state index in [9.17, 15) is 18.0 Å². The van der Waals surface area contributed by atoms with E-state index < -0.39 is 12.1 Å². The van der Waals surface area contributed by atoms with Crippen molar-refractivity contribution in [3.05, 3.63) is 28.2 Å². The van der Waals surface area contributed by atoms with E-state index in [-0.39, 0.29) is 6.04 Å². The fourth-order valence-corrected chi connectivity index (χ4v) is 5.20. The highest BCUT2D eigenvalue weighted by molar-refractivity contribution is 9.10. The van der Waals surface area contributed by atoms with Crippen LogP contribution < -0.4 is 10.1 Å². The van der Waals surface area contributed by atoms with Gasteiger partial charge in [0.05, 0.1) is 7.11 Å². The van der Waals surface area contributed by atoms with Crippen molar-refractivity contribution in [1.82, 2.24) is 10.2 Å². The van der Waals surface area contributed by atoms with Gasteiger partial charge in [0.15, 0.2) is 0 Å². The Balaban J connectivity index is 1.34. The van der Waals surface area contributed by atoms with Gasteiger partial charge in [0.2, 0.25) is 0 Å². The van der Waals surface area contributed by atoms with Crippen molar-refractivity contribution in [2.24, 2.45) is 11.8 Å². The molecule has 1 aliphatic carbocycles. The van der Waals surface area contributed by atoms with Crippen LogP contribution in [-0.4, -0.2) is 49.8 Å². The molecule has 1 heterocycles. The molecular formula is C23H32BrF3N2O2. The van der Waals surface area contributed by atoms with Gasteiger partial charge in [-0.15, -0.1) is 0 Å². The van der Waals surface area contributed by atoms with Crippen LogP contribution >= 0.6 is 15.9 Å². The fourth-order valence-electron chi connectivity index (χ4n) is 4.79. The van der Waals surface area contributed by atoms with E-state index in [1.165, 1.54) is 18.4 Å². The summed E-state index contributed by atoms with van der Waals surface area (Å²) in [6.45, 7) is 3.26. The number of carbonyl (C=O) groups excluding carboxylic acids is 1. The van der Waals surface area contributed by atoms with E-state index in [1.54, 1.807) is 7.11 Å². The molecule has 1 amide bonds. The Kier molecular flexibility index (Phi) is 8.67. The van der Waals surface area contributed by atoms with Crippen molar-refractivity contribution in [1.29, 1.82) is 0 Å². The van der Waals surface area contributed by atoms with Crippen molar-refractivity contribution in [3.8, 4) is 5.75 Å². The molecule has 4 nitrogen and oxygen atoms in total. The number of ether oxygens (including phenoxy) is 1. The number of likely N-dealkylation sites (tertiary alicyclic amines) is 1. The summed E-state index contributed by atoms with van der Waals surface area (Å²) in [5, 5.41) is 2.14. The zero-order valence-electron chi connectivity index (χ0n) is 18.0. The Labute approximate surface area is 191 Å². The van der Waals surface area contributed by atoms with Gasteiger partial charge in [0.1, 0.15) is 5.75 Å². The van der Waals surface area contributed by atoms with Gasteiger partial charge >= 0.3 is 12.1 Å². The van der Waals surface area contributed by atoms with E-state index in [0.29, 0.717) is 24.7 Å². The predicted octanol–water partition coefficient (Wildman–Crippen LogP) is 5.34. The van der Waals surface area contributed by atoms with Gasteiger partial charge in [-0.1, -0.05) is 15.9 Å². The van der Waals surface area contributed by atoms with E-state index in [2.05, 4.69) is 32.2 Å². The summed E-state index contributed by atoms with van der Waals surface area (Å²) < 4.78 is 43.6. The Morgan fingerprint density at radius 2 is 1.81 bits per heavy atom. The predicted molar refractivity (Wildman–Crippen MR) is 118 cm³/mol. The van der Waals surface area contributed by atoms with Gasteiger partial charge in [-0.25, -0.2) is 0 Å². The number of methoxy groups -OCH3 is 1. The van der Waals surface area contributed by atoms with Gasteiger partial charge in [-0.2, -0.15) is 13.2 Å². The summed E-state index contributed by atoms with van der Waals surface area (Å²) in [6, 6.07) is 5.79. The summed E-state index contributed by atoms with van der Waals surface area (Å²) in [6.07, 6.45) is 2.79. The molecule has 3 rings (SSSR count). The molecule has 1 aromatic carbocycles. The fraction of sp³-hybridized carbons (Fsp3) is 0.696. The Morgan fingerprint density at radius 3 is 2.42 bits per heavy atom. The molecule has 8 heteroatoms. The van der Waals surface area contributed by atoms with Crippen LogP contribution in [0.5, 0.6) is 5.75 Å². The lowest BCUT2D eigenvalue weighted by molar-refractivity contribution is -0.174. The van der Waals surface area contributed by atoms with Crippen LogP contribution in [0.2, 0.25) is 0 Å². The Hall–Kier alpha value is -1.28. The van der Waals surface area contributed by atoms with Crippen LogP contribution in [0.4, 0.5) is 13.2 Å². The van der Waals surface area contributed by atoms with E-state index in [4.69, 9.17) is 4.74 Å². The molecule has 1 aromatic rings. The van der Waals surface area contributed by atoms with Gasteiger partial charge in [0.25, 0.3) is 0 Å². The molecule has 2 aliphatic rings. The largest absolute Gasteiger partial charge is 0.497 e. The van der Waals surface area contributed by atoms with Crippen LogP contribution in [0.1, 0.15) is 50.5 Å². The van der Waals surface area contributed by atoms with Crippen LogP contribution in [-0.2, 0) is 11.2 Å². The lowest BCUT2D eigenvalue weighted by Gasteiger charge is -2.34. The van der Waals surface area contributed by atoms with E-state index >= 15 is 0 Å². The number of hydrogen-bond acceptors (Lipinski definition) is 3. The van der Waals surface area contributed by atoms with Crippen molar-refractivity contribution < 1.29 is 22.7 Å². The average molecular weight is 505 g/mol. The number of alkyl halides is 3. The third-order valence-electron chi connectivity index (χ3n) is 6.76. The maximum atomic E-state index is 12.4. The summed E-state index contributed by atoms with van der Waals surface area (Å²) >= 11 is 3.65. The van der Waals surface area contributed by atoms with Crippen LogP contribution in [0.25, 0.3) is 0 Å². The molecule has 1 aliphatic heterocycles. The molecule has 0 atom stereocenters. The number of rotatable bonds is 7. The number of benzene rings is 1. The van der Waals surface area contributed by atoms with Crippen molar-refractivity contribution in [2.45, 2.75) is 63.6 Å². The number of nitrogens with one attached hydrogen (secondary N) is 1. The average Bonchev–Trinajstić information content (AvgIpc) is 2.75. The number of halogens is 4. The first-order valence-electron chi connectivity index (χ1n) is 11.2. The standard InChI is InChI=1S/C23H32BrF3N2O2/c1-31-20-6-7-21(24)18(15-20)14-17-9-12-29(13-10-17)11-8-16-2-4-19(5-3-16)28-22(30)23(25,26)27/h6-7,15-17,19H,2-5,8-14H2,1H3,(H,28,30)/t16-,19-. The second-order valence-electron chi connectivity index (χ2n) is 8.92. The van der Waals surface area contributed by atoms with Gasteiger partial charge in [-0.3, -0.25) is 4.79 Å². The van der Waals surface area contributed by atoms with E-state index in [1.807, 2.05) is 12.1 Å². The van der Waals surface area contributed by atoms with Crippen molar-refractivity contribution >= 4 is 21.8 Å². The number of amides is 1. The molecule has 0 aromatic heterocycles. The highest BCUT2D eigenvalue weighted by atomic mass is 79.9. The molecule has 2 fully saturated rings. The third-order valence-corrected chi connectivity index (χ3v) is 7.54. The zero-order valence-corrected chi connectivity index (χ0v) is 19.6. The molecule has 1 N–H and O–H groups in total. The summed E-state index contributed by atoms with van der Waals surface area (Å²) in [5.41, 5.74) is 1.30. The first-order valence-corrected chi connectivity index (χ1v) is 12.0. The summed E-state index contributed by atoms with van der Waals surface area (Å²) in [7, 11) is 1.69. The molecule has 31 heavy (non-hydrogen) atoms. The molecule has 1 saturated carbocycles. The van der Waals surface area contributed by atoms with Gasteiger partial charge in [-0.05, 0) is 107 Å². The van der Waals surface area contributed by atoms with Gasteiger partial charge < -0.3 is 15.0 Å². The molecule has 1 saturated heterocycles. The lowest BCUT2D eigenvalue weighted by Crippen LogP contribution is -2.44. The maximum absolute atomic E-state index is 12.4. The molecule has 0 radical (unpaired) electrons. The molecule has 0 bridgehead atoms. The number of hydrogen-bond donors (Lipinski definition) is 1. The minimum atomic E-state index is -4.79. The second kappa shape index (κ2) is 11.0. The highest BCUT2D eigenvalue weighted by Gasteiger charge is 2.40. The quantitative estimate of drug-likeness (QED) is 0.544. The topological polar surface area (TPSA) is 41.6 Å². The summed E-state index contributed by atoms with van der Waals surface area (Å²) in [5.74, 6) is 0.306. The number of carbonyl (C=O) groups is 1. The second-order valence-corrected chi connectivity index (χ2v) is 9.78. The smallest absolute Gasteiger partial charge is 0.471 e. The molecule has 174 valence electrons. The maximum Gasteiger partial charge on any atom is 0.471 e. The van der Waals surface area contributed by atoms with Crippen LogP contribution in [0.15, 0.2) is 22.7 Å². The number of nitrogens with zero attached hydrogens (tertiary/aromatic N) is 1. The first-order chi connectivity index (χ1) is 14.7. The minimum Gasteiger partial charge on any atom is -0.497 e. The lowest BCUT2D eigenvalue weighted by atomic mass is 9.83. The zero-order chi connectivity index (χ0) is 22.4. The van der Waals surface area contributed by atoms with Crippen molar-refractivity contribution in [2.75, 3.05) is 26.7 Å². The monoisotopic (exact) mass is 504 g/mol. The molecule has 0 unspecified atom stereocenters. The molecular weight excluding hydrogens is 473 g/mol. The number of piperidine rings is 1. The van der Waals surface area contributed by atoms with Crippen LogP contribution in [0.3, 0.4) is 0 Å². The summed E-state index contributed by atoms with van der Waals surface area (Å²) in [4.78, 5) is 13.6. The Bertz CT molecular complexity index is 728. The third kappa shape index (κ3) is 7.38. The Morgan fingerprint density at radius 1 is 1.13 bits per heavy atom. The van der Waals surface area contributed by atoms with Crippen molar-refractivity contribution in [3.63, 3.8) is 0 Å². The van der Waals surface area contributed by atoms with Gasteiger partial charge in [0, 0.05) is 10.5 Å². The van der Waals surface area contributed by atoms with Crippen LogP contribution in [0, 0.1) is 11.8 Å².